The summed E-state index contributed by atoms with van der Waals surface area (Å²) in [5, 5.41) is 6.05. The van der Waals surface area contributed by atoms with Crippen molar-refractivity contribution < 1.29 is 9.59 Å². The maximum absolute atomic E-state index is 11.8. The summed E-state index contributed by atoms with van der Waals surface area (Å²) in [5.74, 6) is -0.221. The average Bonchev–Trinajstić information content (AvgIpc) is 2.78. The summed E-state index contributed by atoms with van der Waals surface area (Å²) in [6.07, 6.45) is 0.712. The summed E-state index contributed by atoms with van der Waals surface area (Å²) in [5.41, 5.74) is 1.51. The Bertz CT molecular complexity index is 656. The summed E-state index contributed by atoms with van der Waals surface area (Å²) in [4.78, 5) is 26.9. The van der Waals surface area contributed by atoms with E-state index in [0.717, 1.165) is 15.9 Å². The lowest BCUT2D eigenvalue weighted by Gasteiger charge is -2.04. The Labute approximate surface area is 128 Å². The van der Waals surface area contributed by atoms with E-state index >= 15 is 0 Å². The van der Waals surface area contributed by atoms with Crippen LogP contribution in [0.5, 0.6) is 0 Å². The van der Waals surface area contributed by atoms with Crippen molar-refractivity contribution >= 4 is 60.1 Å². The van der Waals surface area contributed by atoms with Crippen LogP contribution in [0.15, 0.2) is 18.2 Å². The molecule has 0 spiro atoms. The van der Waals surface area contributed by atoms with Crippen molar-refractivity contribution in [2.45, 2.75) is 25.1 Å². The lowest BCUT2D eigenvalue weighted by atomic mass is 10.3. The Balaban J connectivity index is 2.20. The molecular weight excluding hydrogens is 342 g/mol. The molecule has 0 aliphatic heterocycles. The van der Waals surface area contributed by atoms with Crippen LogP contribution in [0.1, 0.15) is 20.3 Å². The fraction of sp³-hybridized carbons (Fsp3) is 0.308. The third-order valence-electron chi connectivity index (χ3n) is 2.58. The van der Waals surface area contributed by atoms with Gasteiger partial charge in [0, 0.05) is 12.6 Å². The van der Waals surface area contributed by atoms with Gasteiger partial charge in [0.2, 0.25) is 11.8 Å². The Morgan fingerprint density at radius 1 is 1.40 bits per heavy atom. The normalized spacial score (nSPS) is 12.2. The molecule has 7 heteroatoms. The number of rotatable bonds is 4. The Kier molecular flexibility index (Phi) is 4.72. The molecule has 1 aromatic carbocycles. The summed E-state index contributed by atoms with van der Waals surface area (Å²) >= 11 is 4.68. The van der Waals surface area contributed by atoms with E-state index in [9.17, 15) is 9.59 Å². The number of halogens is 1. The molecule has 5 nitrogen and oxygen atoms in total. The smallest absolute Gasteiger partial charge is 0.239 e. The standard InChI is InChI=1S/C13H14BrN3O2S/c1-3-9(14)12(19)17-13-16-10-5-4-8(15-7(2)18)6-11(10)20-13/h4-6,9H,3H2,1-2H3,(H,15,18)(H,16,17,19). The van der Waals surface area contributed by atoms with Crippen molar-refractivity contribution in [3.05, 3.63) is 18.2 Å². The summed E-state index contributed by atoms with van der Waals surface area (Å²) in [7, 11) is 0. The van der Waals surface area contributed by atoms with Gasteiger partial charge in [-0.25, -0.2) is 4.98 Å². The number of carbonyl (C=O) groups excluding carboxylic acids is 2. The molecule has 106 valence electrons. The molecule has 0 bridgehead atoms. The van der Waals surface area contributed by atoms with E-state index in [-0.39, 0.29) is 16.6 Å². The molecule has 0 fully saturated rings. The van der Waals surface area contributed by atoms with Gasteiger partial charge in [0.05, 0.1) is 15.0 Å². The van der Waals surface area contributed by atoms with Crippen LogP contribution in [-0.4, -0.2) is 21.6 Å². The molecule has 1 atom stereocenters. The molecule has 2 amide bonds. The summed E-state index contributed by atoms with van der Waals surface area (Å²) in [6.45, 7) is 3.39. The highest BCUT2D eigenvalue weighted by Gasteiger charge is 2.14. The molecule has 0 saturated carbocycles. The quantitative estimate of drug-likeness (QED) is 0.826. The molecule has 0 aliphatic carbocycles. The van der Waals surface area contributed by atoms with E-state index < -0.39 is 0 Å². The minimum absolute atomic E-state index is 0.103. The number of hydrogen-bond donors (Lipinski definition) is 2. The second kappa shape index (κ2) is 6.32. The Morgan fingerprint density at radius 3 is 2.80 bits per heavy atom. The van der Waals surface area contributed by atoms with Gasteiger partial charge in [-0.05, 0) is 24.6 Å². The van der Waals surface area contributed by atoms with Gasteiger partial charge in [-0.1, -0.05) is 34.2 Å². The third kappa shape index (κ3) is 3.55. The van der Waals surface area contributed by atoms with Crippen molar-refractivity contribution in [3.63, 3.8) is 0 Å². The SMILES string of the molecule is CCC(Br)C(=O)Nc1nc2ccc(NC(C)=O)cc2s1. The van der Waals surface area contributed by atoms with E-state index in [2.05, 4.69) is 31.5 Å². The number of alkyl halides is 1. The minimum Gasteiger partial charge on any atom is -0.326 e. The van der Waals surface area contributed by atoms with Crippen LogP contribution in [0.2, 0.25) is 0 Å². The second-order valence-electron chi connectivity index (χ2n) is 4.25. The van der Waals surface area contributed by atoms with E-state index in [1.807, 2.05) is 19.1 Å². The fourth-order valence-corrected chi connectivity index (χ4v) is 2.65. The van der Waals surface area contributed by atoms with Gasteiger partial charge < -0.3 is 10.6 Å². The molecule has 2 N–H and O–H groups in total. The summed E-state index contributed by atoms with van der Waals surface area (Å²) in [6, 6.07) is 5.45. The molecule has 1 heterocycles. The predicted molar refractivity (Wildman–Crippen MR) is 85.6 cm³/mol. The number of aromatic nitrogens is 1. The number of amides is 2. The number of benzene rings is 1. The molecule has 1 unspecified atom stereocenters. The number of fused-ring (bicyclic) bond motifs is 1. The molecule has 0 saturated heterocycles. The van der Waals surface area contributed by atoms with E-state index in [0.29, 0.717) is 11.6 Å². The zero-order valence-corrected chi connectivity index (χ0v) is 13.5. The van der Waals surface area contributed by atoms with Crippen LogP contribution >= 0.6 is 27.3 Å². The average molecular weight is 356 g/mol. The van der Waals surface area contributed by atoms with E-state index in [4.69, 9.17) is 0 Å². The van der Waals surface area contributed by atoms with Gasteiger partial charge in [-0.15, -0.1) is 0 Å². The first-order chi connectivity index (χ1) is 9.49. The Hall–Kier alpha value is -1.47. The van der Waals surface area contributed by atoms with E-state index in [1.54, 1.807) is 6.07 Å². The van der Waals surface area contributed by atoms with Crippen LogP contribution in [0.3, 0.4) is 0 Å². The first-order valence-corrected chi connectivity index (χ1v) is 7.86. The first kappa shape index (κ1) is 14.9. The van der Waals surface area contributed by atoms with Crippen LogP contribution < -0.4 is 10.6 Å². The van der Waals surface area contributed by atoms with Gasteiger partial charge in [0.1, 0.15) is 0 Å². The number of hydrogen-bond acceptors (Lipinski definition) is 4. The molecule has 20 heavy (non-hydrogen) atoms. The van der Waals surface area contributed by atoms with Crippen molar-refractivity contribution in [3.8, 4) is 0 Å². The van der Waals surface area contributed by atoms with Gasteiger partial charge in [-0.3, -0.25) is 9.59 Å². The van der Waals surface area contributed by atoms with Crippen molar-refractivity contribution in [1.29, 1.82) is 0 Å². The zero-order chi connectivity index (χ0) is 14.7. The maximum Gasteiger partial charge on any atom is 0.239 e. The number of thiazole rings is 1. The highest BCUT2D eigenvalue weighted by molar-refractivity contribution is 9.10. The zero-order valence-electron chi connectivity index (χ0n) is 11.1. The highest BCUT2D eigenvalue weighted by atomic mass is 79.9. The van der Waals surface area contributed by atoms with Crippen molar-refractivity contribution in [2.24, 2.45) is 0 Å². The third-order valence-corrected chi connectivity index (χ3v) is 4.58. The van der Waals surface area contributed by atoms with Crippen LogP contribution in [0, 0.1) is 0 Å². The monoisotopic (exact) mass is 355 g/mol. The molecule has 0 aliphatic rings. The predicted octanol–water partition coefficient (Wildman–Crippen LogP) is 3.37. The number of nitrogens with one attached hydrogen (secondary N) is 2. The summed E-state index contributed by atoms with van der Waals surface area (Å²) < 4.78 is 0.911. The maximum atomic E-state index is 11.8. The largest absolute Gasteiger partial charge is 0.326 e. The van der Waals surface area contributed by atoms with Crippen LogP contribution in [-0.2, 0) is 9.59 Å². The van der Waals surface area contributed by atoms with Crippen molar-refractivity contribution in [2.75, 3.05) is 10.6 Å². The molecule has 0 radical (unpaired) electrons. The first-order valence-electron chi connectivity index (χ1n) is 6.12. The van der Waals surface area contributed by atoms with Crippen LogP contribution in [0.4, 0.5) is 10.8 Å². The van der Waals surface area contributed by atoms with Gasteiger partial charge in [0.25, 0.3) is 0 Å². The van der Waals surface area contributed by atoms with Gasteiger partial charge in [-0.2, -0.15) is 0 Å². The highest BCUT2D eigenvalue weighted by Crippen LogP contribution is 2.28. The van der Waals surface area contributed by atoms with Gasteiger partial charge in [0.15, 0.2) is 5.13 Å². The fourth-order valence-electron chi connectivity index (χ4n) is 1.63. The van der Waals surface area contributed by atoms with Crippen LogP contribution in [0.25, 0.3) is 10.2 Å². The topological polar surface area (TPSA) is 71.1 Å². The minimum atomic E-state index is -0.218. The number of carbonyl (C=O) groups is 2. The molecule has 2 aromatic rings. The lowest BCUT2D eigenvalue weighted by molar-refractivity contribution is -0.116. The molecule has 2 rings (SSSR count). The Morgan fingerprint density at radius 2 is 2.15 bits per heavy atom. The van der Waals surface area contributed by atoms with Crippen molar-refractivity contribution in [1.82, 2.24) is 4.98 Å². The number of nitrogens with zero attached hydrogens (tertiary/aromatic N) is 1. The second-order valence-corrected chi connectivity index (χ2v) is 6.38. The molecule has 1 aromatic heterocycles. The van der Waals surface area contributed by atoms with E-state index in [1.165, 1.54) is 18.3 Å². The lowest BCUT2D eigenvalue weighted by Crippen LogP contribution is -2.21. The van der Waals surface area contributed by atoms with Gasteiger partial charge >= 0.3 is 0 Å². The number of anilines is 2. The molecular formula is C13H14BrN3O2S.